The minimum atomic E-state index is 1.25. The van der Waals surface area contributed by atoms with Gasteiger partial charge in [-0.05, 0) is 0 Å². The third-order valence-electron chi connectivity index (χ3n) is 1.33. The van der Waals surface area contributed by atoms with E-state index in [1.54, 1.807) is 0 Å². The molecule has 0 aliphatic carbocycles. The summed E-state index contributed by atoms with van der Waals surface area (Å²) in [4.78, 5) is 0. The molecule has 2 aromatic carbocycles. The van der Waals surface area contributed by atoms with Crippen molar-refractivity contribution in [1.82, 2.24) is 0 Å². The van der Waals surface area contributed by atoms with Crippen LogP contribution in [0.2, 0.25) is 0 Å². The zero-order valence-electron chi connectivity index (χ0n) is 14.3. The van der Waals surface area contributed by atoms with Gasteiger partial charge in [0.05, 0.1) is 0 Å². The highest BCUT2D eigenvalue weighted by atomic mass is 13.7. The molecule has 0 aliphatic rings. The Hall–Kier alpha value is -1.56. The molecule has 2 rings (SSSR count). The minimum Gasteiger partial charge on any atom is -0.0683 e. The predicted molar refractivity (Wildman–Crippen MR) is 96.2 cm³/mol. The maximum atomic E-state index is 2.12. The Morgan fingerprint density at radius 3 is 0.450 bits per heavy atom. The SMILES string of the molecule is CC.CCC.CCC.c1ccccc1.c1ccccc1. The fourth-order valence-electron chi connectivity index (χ4n) is 0.770. The molecule has 2 aromatic rings. The molecule has 0 unspecified atom stereocenters. The lowest BCUT2D eigenvalue weighted by Crippen LogP contribution is -1.47. The van der Waals surface area contributed by atoms with Crippen molar-refractivity contribution < 1.29 is 0 Å². The van der Waals surface area contributed by atoms with Crippen molar-refractivity contribution in [2.45, 2.75) is 54.4 Å². The molecule has 0 aliphatic heterocycles. The van der Waals surface area contributed by atoms with Gasteiger partial charge in [0.25, 0.3) is 0 Å². The van der Waals surface area contributed by atoms with E-state index >= 15 is 0 Å². The average Bonchev–Trinajstić information content (AvgIpc) is 2.55. The first-order valence-corrected chi connectivity index (χ1v) is 7.83. The van der Waals surface area contributed by atoms with Gasteiger partial charge in [-0.25, -0.2) is 0 Å². The molecule has 0 heterocycles. The van der Waals surface area contributed by atoms with Crippen LogP contribution in [0.4, 0.5) is 0 Å². The first kappa shape index (κ1) is 23.5. The monoisotopic (exact) mass is 274 g/mol. The first-order chi connectivity index (χ1) is 9.83. The Labute approximate surface area is 127 Å². The first-order valence-electron chi connectivity index (χ1n) is 7.83. The van der Waals surface area contributed by atoms with E-state index in [9.17, 15) is 0 Å². The van der Waals surface area contributed by atoms with Crippen molar-refractivity contribution in [3.05, 3.63) is 72.8 Å². The number of hydrogen-bond acceptors (Lipinski definition) is 0. The molecule has 0 N–H and O–H groups in total. The fourth-order valence-corrected chi connectivity index (χ4v) is 0.770. The summed E-state index contributed by atoms with van der Waals surface area (Å²) in [6, 6.07) is 24.0. The molecule has 0 bridgehead atoms. The van der Waals surface area contributed by atoms with Crippen LogP contribution in [0.3, 0.4) is 0 Å². The van der Waals surface area contributed by atoms with Crippen LogP contribution < -0.4 is 0 Å². The molecule has 0 atom stereocenters. The molecule has 0 radical (unpaired) electrons. The van der Waals surface area contributed by atoms with E-state index < -0.39 is 0 Å². The smallest absolute Gasteiger partial charge is 0.0590 e. The van der Waals surface area contributed by atoms with E-state index in [0.717, 1.165) is 0 Å². The van der Waals surface area contributed by atoms with Crippen LogP contribution in [0.1, 0.15) is 54.4 Å². The molecule has 0 heteroatoms. The van der Waals surface area contributed by atoms with E-state index in [1.165, 1.54) is 12.8 Å². The summed E-state index contributed by atoms with van der Waals surface area (Å²) >= 11 is 0. The summed E-state index contributed by atoms with van der Waals surface area (Å²) < 4.78 is 0. The summed E-state index contributed by atoms with van der Waals surface area (Å²) in [5.41, 5.74) is 0. The minimum absolute atomic E-state index is 1.25. The highest BCUT2D eigenvalue weighted by Gasteiger charge is 1.58. The summed E-state index contributed by atoms with van der Waals surface area (Å²) in [5.74, 6) is 0. The molecule has 0 spiro atoms. The third kappa shape index (κ3) is 36.0. The molecule has 0 saturated carbocycles. The van der Waals surface area contributed by atoms with Crippen LogP contribution in [0.5, 0.6) is 0 Å². The predicted octanol–water partition coefficient (Wildman–Crippen LogP) is 7.23. The maximum absolute atomic E-state index is 2.12. The molecular formula is C20H34. The van der Waals surface area contributed by atoms with Gasteiger partial charge in [-0.2, -0.15) is 0 Å². The fraction of sp³-hybridized carbons (Fsp3) is 0.400. The molecule has 20 heavy (non-hydrogen) atoms. The van der Waals surface area contributed by atoms with E-state index in [0.29, 0.717) is 0 Å². The van der Waals surface area contributed by atoms with Gasteiger partial charge in [-0.1, -0.05) is 127 Å². The zero-order chi connectivity index (χ0) is 15.9. The van der Waals surface area contributed by atoms with Gasteiger partial charge in [0.1, 0.15) is 0 Å². The quantitative estimate of drug-likeness (QED) is 0.475. The van der Waals surface area contributed by atoms with Crippen LogP contribution in [-0.2, 0) is 0 Å². The van der Waals surface area contributed by atoms with E-state index in [-0.39, 0.29) is 0 Å². The van der Waals surface area contributed by atoms with Crippen LogP contribution in [0.15, 0.2) is 72.8 Å². The molecule has 0 nitrogen and oxygen atoms in total. The van der Waals surface area contributed by atoms with Crippen LogP contribution in [0.25, 0.3) is 0 Å². The van der Waals surface area contributed by atoms with Gasteiger partial charge in [0.2, 0.25) is 0 Å². The van der Waals surface area contributed by atoms with Crippen molar-refractivity contribution in [2.24, 2.45) is 0 Å². The standard InChI is InChI=1S/2C6H6.2C3H8.C2H6/c2*1-2-4-6-5-3-1;2*1-3-2;1-2/h2*1-6H;2*3H2,1-2H3;1-2H3. The second kappa shape index (κ2) is 30.5. The van der Waals surface area contributed by atoms with Crippen LogP contribution in [-0.4, -0.2) is 0 Å². The zero-order valence-corrected chi connectivity index (χ0v) is 14.3. The third-order valence-corrected chi connectivity index (χ3v) is 1.33. The number of hydrogen-bond donors (Lipinski definition) is 0. The lowest BCUT2D eigenvalue weighted by Gasteiger charge is -1.69. The van der Waals surface area contributed by atoms with Crippen molar-refractivity contribution in [3.63, 3.8) is 0 Å². The molecule has 0 aromatic heterocycles. The largest absolute Gasteiger partial charge is 0.0683 e. The summed E-state index contributed by atoms with van der Waals surface area (Å²) in [7, 11) is 0. The van der Waals surface area contributed by atoms with Crippen molar-refractivity contribution in [1.29, 1.82) is 0 Å². The van der Waals surface area contributed by atoms with Crippen molar-refractivity contribution >= 4 is 0 Å². The summed E-state index contributed by atoms with van der Waals surface area (Å²) in [5, 5.41) is 0. The van der Waals surface area contributed by atoms with E-state index in [2.05, 4.69) is 27.7 Å². The molecule has 0 saturated heterocycles. The van der Waals surface area contributed by atoms with E-state index in [4.69, 9.17) is 0 Å². The maximum Gasteiger partial charge on any atom is -0.0590 e. The normalized spacial score (nSPS) is 6.90. The molecule has 0 fully saturated rings. The number of benzene rings is 2. The van der Waals surface area contributed by atoms with Gasteiger partial charge in [0.15, 0.2) is 0 Å². The topological polar surface area (TPSA) is 0 Å². The summed E-state index contributed by atoms with van der Waals surface area (Å²) in [6.07, 6.45) is 2.50. The Kier molecular flexibility index (Phi) is 35.8. The second-order valence-electron chi connectivity index (χ2n) is 3.72. The number of rotatable bonds is 0. The lowest BCUT2D eigenvalue weighted by atomic mass is 10.4. The highest BCUT2D eigenvalue weighted by molar-refractivity contribution is 4.99. The summed E-state index contributed by atoms with van der Waals surface area (Å²) in [6.45, 7) is 12.5. The van der Waals surface area contributed by atoms with Crippen molar-refractivity contribution in [3.8, 4) is 0 Å². The molecule has 114 valence electrons. The Balaban J connectivity index is -0.000000195. The van der Waals surface area contributed by atoms with Gasteiger partial charge < -0.3 is 0 Å². The second-order valence-corrected chi connectivity index (χ2v) is 3.72. The Morgan fingerprint density at radius 2 is 0.400 bits per heavy atom. The Bertz CT molecular complexity index is 199. The van der Waals surface area contributed by atoms with Gasteiger partial charge in [-0.15, -0.1) is 0 Å². The molecule has 0 amide bonds. The van der Waals surface area contributed by atoms with Gasteiger partial charge >= 0.3 is 0 Å². The van der Waals surface area contributed by atoms with Gasteiger partial charge in [-0.3, -0.25) is 0 Å². The lowest BCUT2D eigenvalue weighted by molar-refractivity contribution is 1.09. The molecular weight excluding hydrogens is 240 g/mol. The highest BCUT2D eigenvalue weighted by Crippen LogP contribution is 1.80. The Morgan fingerprint density at radius 1 is 0.350 bits per heavy atom. The van der Waals surface area contributed by atoms with Crippen LogP contribution >= 0.6 is 0 Å². The van der Waals surface area contributed by atoms with Crippen molar-refractivity contribution in [2.75, 3.05) is 0 Å². The van der Waals surface area contributed by atoms with Crippen LogP contribution in [0, 0.1) is 0 Å². The van der Waals surface area contributed by atoms with E-state index in [1.807, 2.05) is 86.6 Å². The average molecular weight is 274 g/mol. The van der Waals surface area contributed by atoms with Gasteiger partial charge in [0, 0.05) is 0 Å².